The van der Waals surface area contributed by atoms with Gasteiger partial charge in [0.05, 0.1) is 11.1 Å². The van der Waals surface area contributed by atoms with Gasteiger partial charge in [-0.2, -0.15) is 0 Å². The summed E-state index contributed by atoms with van der Waals surface area (Å²) in [5.41, 5.74) is 6.01. The Balaban J connectivity index is 2.31. The fourth-order valence-corrected chi connectivity index (χ4v) is 4.61. The number of nitrogens with two attached hydrogens (primary N) is 1. The highest BCUT2D eigenvalue weighted by Gasteiger charge is 2.23. The van der Waals surface area contributed by atoms with Crippen molar-refractivity contribution in [2.75, 3.05) is 5.73 Å². The summed E-state index contributed by atoms with van der Waals surface area (Å²) >= 11 is 7.49. The minimum Gasteiger partial charge on any atom is -0.399 e. The van der Waals surface area contributed by atoms with Gasteiger partial charge in [-0.05, 0) is 36.1 Å². The zero-order valence-corrected chi connectivity index (χ0v) is 13.2. The fraction of sp³-hybridized carbons (Fsp3) is 0.231. The number of hydrogen-bond acceptors (Lipinski definition) is 4. The molecule has 20 heavy (non-hydrogen) atoms. The number of nitrogens with one attached hydrogen (secondary N) is 1. The fourth-order valence-electron chi connectivity index (χ4n) is 1.82. The van der Waals surface area contributed by atoms with Crippen molar-refractivity contribution in [1.29, 1.82) is 0 Å². The predicted octanol–water partition coefficient (Wildman–Crippen LogP) is 3.41. The molecular formula is C13H15ClN2O2S2. The quantitative estimate of drug-likeness (QED) is 0.825. The van der Waals surface area contributed by atoms with Crippen LogP contribution in [-0.4, -0.2) is 8.42 Å². The van der Waals surface area contributed by atoms with Gasteiger partial charge in [0.25, 0.3) is 0 Å². The molecule has 7 heteroatoms. The van der Waals surface area contributed by atoms with Crippen LogP contribution in [0.4, 0.5) is 5.69 Å². The molecule has 1 unspecified atom stereocenters. The zero-order chi connectivity index (χ0) is 14.8. The molecule has 0 aliphatic rings. The number of rotatable bonds is 5. The van der Waals surface area contributed by atoms with E-state index in [1.54, 1.807) is 0 Å². The molecule has 4 nitrogen and oxygen atoms in total. The van der Waals surface area contributed by atoms with Gasteiger partial charge in [0.15, 0.2) is 0 Å². The van der Waals surface area contributed by atoms with Gasteiger partial charge in [0.2, 0.25) is 10.0 Å². The Kier molecular flexibility index (Phi) is 4.70. The van der Waals surface area contributed by atoms with Crippen molar-refractivity contribution >= 4 is 38.6 Å². The average molecular weight is 331 g/mol. The van der Waals surface area contributed by atoms with Crippen LogP contribution in [0.5, 0.6) is 0 Å². The van der Waals surface area contributed by atoms with Gasteiger partial charge < -0.3 is 5.73 Å². The molecule has 3 N–H and O–H groups in total. The first-order chi connectivity index (χ1) is 9.44. The van der Waals surface area contributed by atoms with E-state index in [2.05, 4.69) is 4.72 Å². The second-order valence-electron chi connectivity index (χ2n) is 4.29. The molecule has 0 spiro atoms. The van der Waals surface area contributed by atoms with Crippen LogP contribution in [0.2, 0.25) is 5.02 Å². The normalized spacial score (nSPS) is 13.3. The topological polar surface area (TPSA) is 72.2 Å². The van der Waals surface area contributed by atoms with Gasteiger partial charge in [-0.25, -0.2) is 13.1 Å². The molecule has 0 bridgehead atoms. The van der Waals surface area contributed by atoms with E-state index in [1.165, 1.54) is 29.5 Å². The van der Waals surface area contributed by atoms with Crippen molar-refractivity contribution in [3.05, 3.63) is 45.6 Å². The summed E-state index contributed by atoms with van der Waals surface area (Å²) in [6.45, 7) is 1.93. The van der Waals surface area contributed by atoms with Crippen LogP contribution in [0, 0.1) is 0 Å². The summed E-state index contributed by atoms with van der Waals surface area (Å²) in [6, 6.07) is 7.92. The molecule has 0 aliphatic carbocycles. The van der Waals surface area contributed by atoms with E-state index >= 15 is 0 Å². The van der Waals surface area contributed by atoms with E-state index in [4.69, 9.17) is 17.3 Å². The van der Waals surface area contributed by atoms with Crippen LogP contribution in [0.15, 0.2) is 40.6 Å². The van der Waals surface area contributed by atoms with Crippen molar-refractivity contribution < 1.29 is 8.42 Å². The largest absolute Gasteiger partial charge is 0.399 e. The summed E-state index contributed by atoms with van der Waals surface area (Å²) < 4.78 is 27.5. The first kappa shape index (κ1) is 15.3. The second kappa shape index (κ2) is 6.13. The summed E-state index contributed by atoms with van der Waals surface area (Å²) in [5.74, 6) is 0. The lowest BCUT2D eigenvalue weighted by Crippen LogP contribution is -2.28. The van der Waals surface area contributed by atoms with Crippen LogP contribution < -0.4 is 10.5 Å². The Morgan fingerprint density at radius 3 is 2.70 bits per heavy atom. The van der Waals surface area contributed by atoms with Gasteiger partial charge in [-0.15, -0.1) is 11.3 Å². The van der Waals surface area contributed by atoms with Crippen LogP contribution in [0.1, 0.15) is 24.3 Å². The minimum atomic E-state index is -3.68. The average Bonchev–Trinajstić information content (AvgIpc) is 2.89. The standard InChI is InChI=1S/C13H15ClN2O2S2/c1-2-11(12-4-3-7-19-12)16-20(17,18)13-6-5-9(15)8-10(13)14/h3-8,11,16H,2,15H2,1H3. The molecule has 2 aromatic rings. The Hall–Kier alpha value is -1.08. The van der Waals surface area contributed by atoms with Crippen molar-refractivity contribution in [3.8, 4) is 0 Å². The minimum absolute atomic E-state index is 0.0448. The molecule has 1 heterocycles. The van der Waals surface area contributed by atoms with Crippen molar-refractivity contribution in [1.82, 2.24) is 4.72 Å². The molecule has 0 radical (unpaired) electrons. The number of thiophene rings is 1. The van der Waals surface area contributed by atoms with Gasteiger partial charge in [0, 0.05) is 10.6 Å². The number of sulfonamides is 1. The Labute approximate surface area is 127 Å². The second-order valence-corrected chi connectivity index (χ2v) is 7.36. The third-order valence-corrected chi connectivity index (χ3v) is 5.78. The SMILES string of the molecule is CCC(NS(=O)(=O)c1ccc(N)cc1Cl)c1cccs1. The number of hydrogen-bond donors (Lipinski definition) is 2. The Morgan fingerprint density at radius 1 is 1.40 bits per heavy atom. The van der Waals surface area contributed by atoms with E-state index in [9.17, 15) is 8.42 Å². The third kappa shape index (κ3) is 3.32. The summed E-state index contributed by atoms with van der Waals surface area (Å²) in [5, 5.41) is 2.04. The Bertz CT molecular complexity index is 684. The molecule has 1 atom stereocenters. The molecule has 1 aromatic heterocycles. The molecule has 2 rings (SSSR count). The summed E-state index contributed by atoms with van der Waals surface area (Å²) in [4.78, 5) is 1.02. The van der Waals surface area contributed by atoms with Crippen LogP contribution in [0.25, 0.3) is 0 Å². The van der Waals surface area contributed by atoms with Crippen LogP contribution in [0.3, 0.4) is 0 Å². The smallest absolute Gasteiger partial charge is 0.242 e. The summed E-state index contributed by atoms with van der Waals surface area (Å²) in [7, 11) is -3.68. The van der Waals surface area contributed by atoms with E-state index in [-0.39, 0.29) is 16.0 Å². The third-order valence-electron chi connectivity index (χ3n) is 2.84. The molecule has 0 saturated heterocycles. The van der Waals surface area contributed by atoms with E-state index < -0.39 is 10.0 Å². The maximum absolute atomic E-state index is 12.4. The van der Waals surface area contributed by atoms with E-state index in [1.807, 2.05) is 24.4 Å². The molecule has 108 valence electrons. The zero-order valence-electron chi connectivity index (χ0n) is 10.8. The van der Waals surface area contributed by atoms with Crippen molar-refractivity contribution in [2.45, 2.75) is 24.3 Å². The molecular weight excluding hydrogens is 316 g/mol. The van der Waals surface area contributed by atoms with E-state index in [0.29, 0.717) is 12.1 Å². The van der Waals surface area contributed by atoms with Gasteiger partial charge >= 0.3 is 0 Å². The molecule has 0 saturated carbocycles. The monoisotopic (exact) mass is 330 g/mol. The number of anilines is 1. The van der Waals surface area contributed by atoms with E-state index in [0.717, 1.165) is 4.88 Å². The van der Waals surface area contributed by atoms with Crippen molar-refractivity contribution in [2.24, 2.45) is 0 Å². The number of nitrogen functional groups attached to an aromatic ring is 1. The lowest BCUT2D eigenvalue weighted by Gasteiger charge is -2.16. The number of benzene rings is 1. The van der Waals surface area contributed by atoms with Gasteiger partial charge in [-0.3, -0.25) is 0 Å². The first-order valence-corrected chi connectivity index (χ1v) is 8.79. The Morgan fingerprint density at radius 2 is 2.15 bits per heavy atom. The molecule has 0 aliphatic heterocycles. The first-order valence-electron chi connectivity index (χ1n) is 6.05. The lowest BCUT2D eigenvalue weighted by atomic mass is 10.2. The lowest BCUT2D eigenvalue weighted by molar-refractivity contribution is 0.553. The maximum Gasteiger partial charge on any atom is 0.242 e. The highest BCUT2D eigenvalue weighted by Crippen LogP contribution is 2.27. The molecule has 0 fully saturated rings. The predicted molar refractivity (Wildman–Crippen MR) is 83.5 cm³/mol. The highest BCUT2D eigenvalue weighted by molar-refractivity contribution is 7.89. The van der Waals surface area contributed by atoms with Gasteiger partial charge in [-0.1, -0.05) is 24.6 Å². The van der Waals surface area contributed by atoms with Crippen LogP contribution >= 0.6 is 22.9 Å². The number of halogens is 1. The molecule has 0 amide bonds. The van der Waals surface area contributed by atoms with Gasteiger partial charge in [0.1, 0.15) is 4.90 Å². The highest BCUT2D eigenvalue weighted by atomic mass is 35.5. The van der Waals surface area contributed by atoms with Crippen LogP contribution in [-0.2, 0) is 10.0 Å². The summed E-state index contributed by atoms with van der Waals surface area (Å²) in [6.07, 6.45) is 0.659. The maximum atomic E-state index is 12.4. The van der Waals surface area contributed by atoms with Crippen molar-refractivity contribution in [3.63, 3.8) is 0 Å². The molecule has 1 aromatic carbocycles.